The molecule has 0 fully saturated rings. The van der Waals surface area contributed by atoms with Crippen LogP contribution in [0, 0.1) is 0 Å². The van der Waals surface area contributed by atoms with E-state index in [-0.39, 0.29) is 17.0 Å². The average molecular weight is 506 g/mol. The molecule has 0 aliphatic heterocycles. The van der Waals surface area contributed by atoms with Gasteiger partial charge in [-0.05, 0) is 60.5 Å². The van der Waals surface area contributed by atoms with Crippen LogP contribution < -0.4 is 14.8 Å². The molecule has 0 aliphatic carbocycles. The first-order valence-electron chi connectivity index (χ1n) is 11.9. The summed E-state index contributed by atoms with van der Waals surface area (Å²) >= 11 is 0. The van der Waals surface area contributed by atoms with Crippen molar-refractivity contribution in [2.75, 3.05) is 11.9 Å². The van der Waals surface area contributed by atoms with Gasteiger partial charge >= 0.3 is 6.18 Å². The maximum Gasteiger partial charge on any atom is 0.416 e. The summed E-state index contributed by atoms with van der Waals surface area (Å²) in [7, 11) is 0. The lowest BCUT2D eigenvalue weighted by molar-refractivity contribution is -0.137. The summed E-state index contributed by atoms with van der Waals surface area (Å²) in [6.45, 7) is 2.63. The minimum atomic E-state index is -4.59. The van der Waals surface area contributed by atoms with E-state index in [9.17, 15) is 18.0 Å². The van der Waals surface area contributed by atoms with E-state index < -0.39 is 17.6 Å². The van der Waals surface area contributed by atoms with Crippen LogP contribution in [-0.4, -0.2) is 12.5 Å². The van der Waals surface area contributed by atoms with Gasteiger partial charge in [0.05, 0.1) is 17.9 Å². The Bertz CT molecular complexity index is 1340. The van der Waals surface area contributed by atoms with Crippen LogP contribution in [0.3, 0.4) is 0 Å². The lowest BCUT2D eigenvalue weighted by atomic mass is 10.0. The van der Waals surface area contributed by atoms with E-state index in [0.717, 1.165) is 36.1 Å². The second-order valence-electron chi connectivity index (χ2n) is 8.35. The molecule has 4 aromatic carbocycles. The summed E-state index contributed by atoms with van der Waals surface area (Å²) < 4.78 is 52.1. The Morgan fingerprint density at radius 1 is 0.838 bits per heavy atom. The highest BCUT2D eigenvalue weighted by Crippen LogP contribution is 2.39. The van der Waals surface area contributed by atoms with Crippen LogP contribution in [0.25, 0.3) is 11.1 Å². The zero-order valence-corrected chi connectivity index (χ0v) is 20.2. The van der Waals surface area contributed by atoms with Gasteiger partial charge in [-0.1, -0.05) is 61.9 Å². The fourth-order valence-corrected chi connectivity index (χ4v) is 3.65. The minimum Gasteiger partial charge on any atom is -0.494 e. The maximum atomic E-state index is 13.5. The van der Waals surface area contributed by atoms with Crippen LogP contribution in [0.4, 0.5) is 18.9 Å². The van der Waals surface area contributed by atoms with Gasteiger partial charge in [0.25, 0.3) is 5.91 Å². The van der Waals surface area contributed by atoms with Crippen molar-refractivity contribution in [1.82, 2.24) is 0 Å². The second-order valence-corrected chi connectivity index (χ2v) is 8.35. The Morgan fingerprint density at radius 3 is 2.24 bits per heavy atom. The number of halogens is 3. The molecule has 4 nitrogen and oxygen atoms in total. The highest BCUT2D eigenvalue weighted by atomic mass is 19.4. The first kappa shape index (κ1) is 25.8. The van der Waals surface area contributed by atoms with Crippen molar-refractivity contribution >= 4 is 11.6 Å². The lowest BCUT2D eigenvalue weighted by Gasteiger charge is -2.17. The summed E-state index contributed by atoms with van der Waals surface area (Å²) in [6.07, 6.45) is -2.68. The van der Waals surface area contributed by atoms with Crippen molar-refractivity contribution in [3.05, 3.63) is 108 Å². The van der Waals surface area contributed by atoms with Crippen LogP contribution in [0.2, 0.25) is 0 Å². The predicted molar refractivity (Wildman–Crippen MR) is 138 cm³/mol. The minimum absolute atomic E-state index is 0.0873. The average Bonchev–Trinajstić information content (AvgIpc) is 2.90. The highest BCUT2D eigenvalue weighted by Gasteiger charge is 2.31. The Balaban J connectivity index is 1.62. The number of amides is 1. The number of unbranched alkanes of at least 4 members (excludes halogenated alkanes) is 1. The summed E-state index contributed by atoms with van der Waals surface area (Å²) in [4.78, 5) is 13.0. The number of hydrogen-bond donors (Lipinski definition) is 1. The van der Waals surface area contributed by atoms with Crippen LogP contribution in [0.15, 0.2) is 97.1 Å². The Hall–Kier alpha value is -4.26. The molecular formula is C30H26F3NO3. The monoisotopic (exact) mass is 505 g/mol. The molecule has 0 aromatic heterocycles. The molecule has 190 valence electrons. The van der Waals surface area contributed by atoms with Gasteiger partial charge in [-0.25, -0.2) is 0 Å². The van der Waals surface area contributed by atoms with E-state index >= 15 is 0 Å². The number of ether oxygens (including phenoxy) is 2. The van der Waals surface area contributed by atoms with E-state index in [4.69, 9.17) is 9.47 Å². The third-order valence-electron chi connectivity index (χ3n) is 5.63. The first-order chi connectivity index (χ1) is 17.8. The zero-order valence-electron chi connectivity index (χ0n) is 20.2. The second kappa shape index (κ2) is 11.6. The van der Waals surface area contributed by atoms with Gasteiger partial charge in [0.15, 0.2) is 5.75 Å². The van der Waals surface area contributed by atoms with Gasteiger partial charge in [0.2, 0.25) is 0 Å². The SMILES string of the molecule is CCCCOc1ccc(C(=O)Nc2cc(C(F)(F)F)ccc2Oc2ccccc2-c2ccccc2)cc1. The number of carbonyl (C=O) groups excluding carboxylic acids is 1. The molecule has 1 N–H and O–H groups in total. The standard InChI is InChI=1S/C30H26F3NO3/c1-2-3-19-36-24-16-13-22(14-17-24)29(35)34-26-20-23(30(31,32)33)15-18-28(26)37-27-12-8-7-11-25(27)21-9-5-4-6-10-21/h4-18,20H,2-3,19H2,1H3,(H,34,35). The third kappa shape index (κ3) is 6.70. The maximum absolute atomic E-state index is 13.5. The van der Waals surface area contributed by atoms with Crippen LogP contribution in [0.1, 0.15) is 35.7 Å². The van der Waals surface area contributed by atoms with Crippen LogP contribution in [-0.2, 0) is 6.18 Å². The van der Waals surface area contributed by atoms with E-state index in [1.807, 2.05) is 42.5 Å². The topological polar surface area (TPSA) is 47.6 Å². The largest absolute Gasteiger partial charge is 0.494 e. The summed E-state index contributed by atoms with van der Waals surface area (Å²) in [6, 6.07) is 26.1. The number of rotatable bonds is 9. The van der Waals surface area contributed by atoms with E-state index in [0.29, 0.717) is 18.1 Å². The van der Waals surface area contributed by atoms with Crippen molar-refractivity contribution in [1.29, 1.82) is 0 Å². The molecule has 0 saturated heterocycles. The van der Waals surface area contributed by atoms with Crippen molar-refractivity contribution in [3.8, 4) is 28.4 Å². The smallest absolute Gasteiger partial charge is 0.416 e. The fraction of sp³-hybridized carbons (Fsp3) is 0.167. The molecule has 37 heavy (non-hydrogen) atoms. The number of hydrogen-bond acceptors (Lipinski definition) is 3. The van der Waals surface area contributed by atoms with E-state index in [1.54, 1.807) is 36.4 Å². The third-order valence-corrected chi connectivity index (χ3v) is 5.63. The van der Waals surface area contributed by atoms with Gasteiger partial charge < -0.3 is 14.8 Å². The van der Waals surface area contributed by atoms with Gasteiger partial charge in [-0.2, -0.15) is 13.2 Å². The number of alkyl halides is 3. The first-order valence-corrected chi connectivity index (χ1v) is 11.9. The summed E-state index contributed by atoms with van der Waals surface area (Å²) in [5.74, 6) is 0.577. The summed E-state index contributed by atoms with van der Waals surface area (Å²) in [5.41, 5.74) is 0.934. The molecule has 0 unspecified atom stereocenters. The van der Waals surface area contributed by atoms with Crippen LogP contribution in [0.5, 0.6) is 17.2 Å². The van der Waals surface area contributed by atoms with Crippen molar-refractivity contribution in [3.63, 3.8) is 0 Å². The molecule has 7 heteroatoms. The van der Waals surface area contributed by atoms with Crippen molar-refractivity contribution in [2.24, 2.45) is 0 Å². The molecule has 0 radical (unpaired) electrons. The highest BCUT2D eigenvalue weighted by molar-refractivity contribution is 6.05. The number of para-hydroxylation sites is 1. The van der Waals surface area contributed by atoms with Crippen LogP contribution >= 0.6 is 0 Å². The number of carbonyl (C=O) groups is 1. The predicted octanol–water partition coefficient (Wildman–Crippen LogP) is 8.60. The Kier molecular flexibility index (Phi) is 8.13. The Morgan fingerprint density at radius 2 is 1.54 bits per heavy atom. The van der Waals surface area contributed by atoms with E-state index in [1.165, 1.54) is 6.07 Å². The van der Waals surface area contributed by atoms with Gasteiger partial charge in [0.1, 0.15) is 11.5 Å². The number of anilines is 1. The molecule has 1 amide bonds. The molecule has 4 rings (SSSR count). The number of nitrogens with one attached hydrogen (secondary N) is 1. The molecule has 0 bridgehead atoms. The molecule has 0 aliphatic rings. The number of benzene rings is 4. The molecule has 0 atom stereocenters. The normalized spacial score (nSPS) is 11.1. The quantitative estimate of drug-likeness (QED) is 0.232. The molecule has 0 saturated carbocycles. The molecule has 4 aromatic rings. The summed E-state index contributed by atoms with van der Waals surface area (Å²) in [5, 5.41) is 2.59. The van der Waals surface area contributed by atoms with Crippen molar-refractivity contribution < 1.29 is 27.4 Å². The van der Waals surface area contributed by atoms with Gasteiger partial charge in [0, 0.05) is 11.1 Å². The molecule has 0 heterocycles. The molecule has 0 spiro atoms. The van der Waals surface area contributed by atoms with E-state index in [2.05, 4.69) is 12.2 Å². The molecular weight excluding hydrogens is 479 g/mol. The Labute approximate surface area is 213 Å². The van der Waals surface area contributed by atoms with Gasteiger partial charge in [-0.3, -0.25) is 4.79 Å². The lowest BCUT2D eigenvalue weighted by Crippen LogP contribution is -2.14. The van der Waals surface area contributed by atoms with Gasteiger partial charge in [-0.15, -0.1) is 0 Å². The van der Waals surface area contributed by atoms with Crippen molar-refractivity contribution in [2.45, 2.75) is 25.9 Å². The zero-order chi connectivity index (χ0) is 26.3. The fourth-order valence-electron chi connectivity index (χ4n) is 3.65.